The van der Waals surface area contributed by atoms with Crippen LogP contribution >= 0.6 is 0 Å². The first-order valence-electron chi connectivity index (χ1n) is 8.20. The van der Waals surface area contributed by atoms with Crippen LogP contribution in [0.3, 0.4) is 0 Å². The van der Waals surface area contributed by atoms with E-state index >= 15 is 0 Å². The van der Waals surface area contributed by atoms with Gasteiger partial charge in [0, 0.05) is 0 Å². The van der Waals surface area contributed by atoms with Crippen molar-refractivity contribution in [2.75, 3.05) is 65.7 Å². The number of methoxy groups -OCH3 is 1. The minimum absolute atomic E-state index is 0.134. The lowest BCUT2D eigenvalue weighted by Crippen LogP contribution is -2.18. The highest BCUT2D eigenvalue weighted by atomic mass is 16.6. The summed E-state index contributed by atoms with van der Waals surface area (Å²) >= 11 is 0. The Labute approximate surface area is 152 Å². The molecule has 4 N–H and O–H groups in total. The van der Waals surface area contributed by atoms with E-state index in [4.69, 9.17) is 35.2 Å². The summed E-state index contributed by atoms with van der Waals surface area (Å²) in [7, 11) is 1.51. The van der Waals surface area contributed by atoms with E-state index in [-0.39, 0.29) is 19.4 Å². The van der Waals surface area contributed by atoms with E-state index in [0.717, 1.165) is 0 Å². The van der Waals surface area contributed by atoms with Crippen molar-refractivity contribution in [3.63, 3.8) is 0 Å². The number of aromatic nitrogens is 2. The van der Waals surface area contributed by atoms with Crippen molar-refractivity contribution in [3.8, 4) is 5.88 Å². The lowest BCUT2D eigenvalue weighted by atomic mass is 10.5. The van der Waals surface area contributed by atoms with Gasteiger partial charge in [-0.1, -0.05) is 0 Å². The number of nitrogen functional groups attached to an aromatic ring is 1. The van der Waals surface area contributed by atoms with Crippen LogP contribution in [0.5, 0.6) is 5.88 Å². The fraction of sp³-hybridized carbons (Fsp3) is 0.733. The second-order valence-electron chi connectivity index (χ2n) is 5.05. The Morgan fingerprint density at radius 2 is 1.62 bits per heavy atom. The molecule has 0 aliphatic rings. The minimum Gasteiger partial charge on any atom is -0.478 e. The standard InChI is InChI=1S/C15H28N4O7/c1-12(19-11-13(16)14(18-19)21-2)25-9-7-23-5-3-22-4-6-24-8-10-26-15(17)20/h11-12H,3-10,16H2,1-2H3,(H2,17,20). The number of nitrogens with zero attached hydrogens (tertiary/aromatic N) is 2. The van der Waals surface area contributed by atoms with Crippen LogP contribution in [0.25, 0.3) is 0 Å². The van der Waals surface area contributed by atoms with E-state index in [1.165, 1.54) is 7.11 Å². The van der Waals surface area contributed by atoms with Gasteiger partial charge in [-0.3, -0.25) is 0 Å². The van der Waals surface area contributed by atoms with Crippen molar-refractivity contribution in [1.82, 2.24) is 9.78 Å². The van der Waals surface area contributed by atoms with Crippen molar-refractivity contribution >= 4 is 11.8 Å². The van der Waals surface area contributed by atoms with Gasteiger partial charge in [0.2, 0.25) is 0 Å². The third kappa shape index (κ3) is 9.42. The van der Waals surface area contributed by atoms with Crippen LogP contribution in [0, 0.1) is 0 Å². The van der Waals surface area contributed by atoms with Crippen LogP contribution in [0.4, 0.5) is 10.5 Å². The number of ether oxygens (including phenoxy) is 6. The van der Waals surface area contributed by atoms with Crippen molar-refractivity contribution in [2.45, 2.75) is 13.2 Å². The molecule has 0 radical (unpaired) electrons. The molecule has 1 heterocycles. The highest BCUT2D eigenvalue weighted by Crippen LogP contribution is 2.20. The molecule has 0 aromatic carbocycles. The van der Waals surface area contributed by atoms with Crippen molar-refractivity contribution in [2.24, 2.45) is 5.73 Å². The predicted octanol–water partition coefficient (Wildman–Crippen LogP) is 0.154. The summed E-state index contributed by atoms with van der Waals surface area (Å²) in [6, 6.07) is 0. The van der Waals surface area contributed by atoms with Gasteiger partial charge in [-0.25, -0.2) is 9.48 Å². The quantitative estimate of drug-likeness (QED) is 0.409. The topological polar surface area (TPSA) is 142 Å². The Hall–Kier alpha value is -2.08. The molecule has 1 unspecified atom stereocenters. The van der Waals surface area contributed by atoms with Crippen LogP contribution in [0.1, 0.15) is 13.2 Å². The second-order valence-corrected chi connectivity index (χ2v) is 5.05. The van der Waals surface area contributed by atoms with E-state index in [1.807, 2.05) is 6.92 Å². The van der Waals surface area contributed by atoms with Crippen LogP contribution in [0.2, 0.25) is 0 Å². The molecule has 0 fully saturated rings. The van der Waals surface area contributed by atoms with Gasteiger partial charge in [-0.05, 0) is 6.92 Å². The molecule has 26 heavy (non-hydrogen) atoms. The monoisotopic (exact) mass is 376 g/mol. The number of rotatable bonds is 15. The predicted molar refractivity (Wildman–Crippen MR) is 91.8 cm³/mol. The van der Waals surface area contributed by atoms with Crippen LogP contribution in [-0.2, 0) is 23.7 Å². The highest BCUT2D eigenvalue weighted by Gasteiger charge is 2.11. The molecule has 11 nitrogen and oxygen atoms in total. The second kappa shape index (κ2) is 13.2. The Kier molecular flexibility index (Phi) is 11.1. The van der Waals surface area contributed by atoms with Crippen LogP contribution < -0.4 is 16.2 Å². The molecular weight excluding hydrogens is 348 g/mol. The van der Waals surface area contributed by atoms with Gasteiger partial charge in [-0.2, -0.15) is 0 Å². The first-order valence-corrected chi connectivity index (χ1v) is 8.20. The maximum Gasteiger partial charge on any atom is 0.404 e. The third-order valence-electron chi connectivity index (χ3n) is 3.09. The largest absolute Gasteiger partial charge is 0.478 e. The maximum atomic E-state index is 10.3. The Bertz CT molecular complexity index is 512. The zero-order chi connectivity index (χ0) is 19.2. The number of primary amides is 1. The number of carbonyl (C=O) groups excluding carboxylic acids is 1. The summed E-state index contributed by atoms with van der Waals surface area (Å²) in [5.74, 6) is 0.373. The van der Waals surface area contributed by atoms with Crippen molar-refractivity contribution < 1.29 is 33.2 Å². The Morgan fingerprint density at radius 3 is 2.12 bits per heavy atom. The molecule has 0 aliphatic carbocycles. The third-order valence-corrected chi connectivity index (χ3v) is 3.09. The summed E-state index contributed by atoms with van der Waals surface area (Å²) in [6.45, 7) is 4.84. The number of amides is 1. The van der Waals surface area contributed by atoms with Crippen LogP contribution in [-0.4, -0.2) is 75.8 Å². The van der Waals surface area contributed by atoms with Crippen molar-refractivity contribution in [1.29, 1.82) is 0 Å². The Balaban J connectivity index is 1.90. The van der Waals surface area contributed by atoms with Crippen LogP contribution in [0.15, 0.2) is 6.20 Å². The molecule has 1 aromatic heterocycles. The van der Waals surface area contributed by atoms with E-state index < -0.39 is 6.09 Å². The normalized spacial score (nSPS) is 12.1. The van der Waals surface area contributed by atoms with Gasteiger partial charge >= 0.3 is 6.09 Å². The SMILES string of the molecule is COc1nn(C(C)OCCOCCOCCOCCOC(N)=O)cc1N. The molecule has 0 spiro atoms. The summed E-state index contributed by atoms with van der Waals surface area (Å²) in [4.78, 5) is 10.3. The molecule has 1 rings (SSSR count). The average Bonchev–Trinajstić information content (AvgIpc) is 2.99. The highest BCUT2D eigenvalue weighted by molar-refractivity contribution is 5.64. The summed E-state index contributed by atoms with van der Waals surface area (Å²) in [6.07, 6.45) is 0.561. The fourth-order valence-electron chi connectivity index (χ4n) is 1.83. The number of carbonyl (C=O) groups is 1. The van der Waals surface area contributed by atoms with Crippen molar-refractivity contribution in [3.05, 3.63) is 6.20 Å². The zero-order valence-corrected chi connectivity index (χ0v) is 15.2. The zero-order valence-electron chi connectivity index (χ0n) is 15.2. The lowest BCUT2D eigenvalue weighted by Gasteiger charge is -2.13. The van der Waals surface area contributed by atoms with E-state index in [1.54, 1.807) is 10.9 Å². The van der Waals surface area contributed by atoms with Gasteiger partial charge in [0.1, 0.15) is 18.5 Å². The molecule has 11 heteroatoms. The van der Waals surface area contributed by atoms with E-state index in [9.17, 15) is 4.79 Å². The fourth-order valence-corrected chi connectivity index (χ4v) is 1.83. The van der Waals surface area contributed by atoms with Gasteiger partial charge in [0.15, 0.2) is 0 Å². The number of anilines is 1. The molecule has 1 atom stereocenters. The molecule has 0 aliphatic heterocycles. The summed E-state index contributed by atoms with van der Waals surface area (Å²) in [5.41, 5.74) is 11.0. The Morgan fingerprint density at radius 1 is 1.08 bits per heavy atom. The molecule has 1 amide bonds. The average molecular weight is 376 g/mol. The van der Waals surface area contributed by atoms with Gasteiger partial charge in [0.25, 0.3) is 5.88 Å². The van der Waals surface area contributed by atoms with Gasteiger partial charge < -0.3 is 39.9 Å². The smallest absolute Gasteiger partial charge is 0.404 e. The first-order chi connectivity index (χ1) is 12.5. The maximum absolute atomic E-state index is 10.3. The lowest BCUT2D eigenvalue weighted by molar-refractivity contribution is -0.0391. The summed E-state index contributed by atoms with van der Waals surface area (Å²) in [5, 5.41) is 4.15. The molecule has 150 valence electrons. The molecular formula is C15H28N4O7. The molecule has 0 bridgehead atoms. The summed E-state index contributed by atoms with van der Waals surface area (Å²) < 4.78 is 32.6. The molecule has 0 saturated carbocycles. The number of hydrogen-bond acceptors (Lipinski definition) is 9. The number of nitrogens with two attached hydrogens (primary N) is 2. The first kappa shape index (κ1) is 22.0. The minimum atomic E-state index is -0.811. The van der Waals surface area contributed by atoms with Gasteiger partial charge in [-0.15, -0.1) is 5.10 Å². The van der Waals surface area contributed by atoms with E-state index in [0.29, 0.717) is 51.2 Å². The van der Waals surface area contributed by atoms with E-state index in [2.05, 4.69) is 9.84 Å². The van der Waals surface area contributed by atoms with Gasteiger partial charge in [0.05, 0.1) is 59.6 Å². The molecule has 1 aromatic rings. The number of hydrogen-bond donors (Lipinski definition) is 2. The molecule has 0 saturated heterocycles.